The fourth-order valence-electron chi connectivity index (χ4n) is 3.18. The molecule has 2 aromatic carbocycles. The molecule has 0 aliphatic carbocycles. The molecule has 0 radical (unpaired) electrons. The highest BCUT2D eigenvalue weighted by Gasteiger charge is 2.20. The standard InChI is InChI=1S/C25H36N2O6S/c1-6-13-32-23-11-9-20(16-24(23)33-14-7-2)19(4)27-25(28)22-17-21(10-8-18(22)3)34(29,30)26-12-15-31-5/h8-11,16-17,19,26H,6-7,12-15H2,1-5H3,(H,27,28). The van der Waals surface area contributed by atoms with E-state index in [-0.39, 0.29) is 30.0 Å². The number of methoxy groups -OCH3 is 1. The van der Waals surface area contributed by atoms with E-state index in [2.05, 4.69) is 10.0 Å². The van der Waals surface area contributed by atoms with Gasteiger partial charge in [0.25, 0.3) is 5.91 Å². The smallest absolute Gasteiger partial charge is 0.252 e. The molecule has 2 N–H and O–H groups in total. The van der Waals surface area contributed by atoms with Crippen molar-refractivity contribution in [1.29, 1.82) is 0 Å². The lowest BCUT2D eigenvalue weighted by Crippen LogP contribution is -2.29. The minimum Gasteiger partial charge on any atom is -0.490 e. The van der Waals surface area contributed by atoms with Crippen LogP contribution in [0, 0.1) is 6.92 Å². The van der Waals surface area contributed by atoms with Crippen molar-refractivity contribution < 1.29 is 27.4 Å². The number of carbonyl (C=O) groups excluding carboxylic acids is 1. The monoisotopic (exact) mass is 492 g/mol. The van der Waals surface area contributed by atoms with Crippen LogP contribution in [-0.2, 0) is 14.8 Å². The molecule has 2 aromatic rings. The lowest BCUT2D eigenvalue weighted by Gasteiger charge is -2.19. The number of benzene rings is 2. The van der Waals surface area contributed by atoms with E-state index in [9.17, 15) is 13.2 Å². The largest absolute Gasteiger partial charge is 0.490 e. The molecule has 0 saturated carbocycles. The van der Waals surface area contributed by atoms with Crippen molar-refractivity contribution in [3.8, 4) is 11.5 Å². The molecule has 0 aliphatic rings. The van der Waals surface area contributed by atoms with Gasteiger partial charge in [-0.1, -0.05) is 26.0 Å². The predicted octanol–water partition coefficient (Wildman–Crippen LogP) is 3.99. The molecule has 0 saturated heterocycles. The first-order valence-electron chi connectivity index (χ1n) is 11.5. The second kappa shape index (κ2) is 13.3. The summed E-state index contributed by atoms with van der Waals surface area (Å²) in [6.45, 7) is 9.25. The Morgan fingerprint density at radius 2 is 1.65 bits per heavy atom. The number of hydrogen-bond donors (Lipinski definition) is 2. The molecule has 1 amide bonds. The summed E-state index contributed by atoms with van der Waals surface area (Å²) in [5, 5.41) is 2.96. The molecule has 34 heavy (non-hydrogen) atoms. The molecule has 1 atom stereocenters. The Bertz CT molecular complexity index is 1060. The zero-order chi connectivity index (χ0) is 25.1. The van der Waals surface area contributed by atoms with Crippen LogP contribution in [0.2, 0.25) is 0 Å². The number of hydrogen-bond acceptors (Lipinski definition) is 6. The first-order valence-corrected chi connectivity index (χ1v) is 13.0. The molecule has 0 bridgehead atoms. The van der Waals surface area contributed by atoms with E-state index in [1.54, 1.807) is 13.0 Å². The second-order valence-electron chi connectivity index (χ2n) is 7.97. The lowest BCUT2D eigenvalue weighted by molar-refractivity contribution is 0.0939. The Balaban J connectivity index is 2.21. The van der Waals surface area contributed by atoms with Crippen molar-refractivity contribution in [1.82, 2.24) is 10.0 Å². The SMILES string of the molecule is CCCOc1ccc(C(C)NC(=O)c2cc(S(=O)(=O)NCCOC)ccc2C)cc1OCCC. The van der Waals surface area contributed by atoms with E-state index in [0.29, 0.717) is 35.8 Å². The van der Waals surface area contributed by atoms with Gasteiger partial charge in [-0.3, -0.25) is 4.79 Å². The summed E-state index contributed by atoms with van der Waals surface area (Å²) >= 11 is 0. The summed E-state index contributed by atoms with van der Waals surface area (Å²) in [6, 6.07) is 9.78. The van der Waals surface area contributed by atoms with Gasteiger partial charge in [0.2, 0.25) is 10.0 Å². The van der Waals surface area contributed by atoms with E-state index < -0.39 is 10.0 Å². The fraction of sp³-hybridized carbons (Fsp3) is 0.480. The summed E-state index contributed by atoms with van der Waals surface area (Å²) < 4.78 is 44.1. The van der Waals surface area contributed by atoms with Gasteiger partial charge in [0.05, 0.1) is 30.8 Å². The molecule has 0 aliphatic heterocycles. The minimum atomic E-state index is -3.75. The van der Waals surface area contributed by atoms with Crippen molar-refractivity contribution in [2.24, 2.45) is 0 Å². The van der Waals surface area contributed by atoms with Crippen molar-refractivity contribution in [2.45, 2.75) is 51.5 Å². The van der Waals surface area contributed by atoms with Crippen LogP contribution >= 0.6 is 0 Å². The van der Waals surface area contributed by atoms with E-state index >= 15 is 0 Å². The number of sulfonamides is 1. The van der Waals surface area contributed by atoms with Gasteiger partial charge in [0.1, 0.15) is 0 Å². The minimum absolute atomic E-state index is 0.0275. The molecule has 8 nitrogen and oxygen atoms in total. The van der Waals surface area contributed by atoms with Crippen LogP contribution in [0.1, 0.15) is 61.1 Å². The van der Waals surface area contributed by atoms with Gasteiger partial charge in [-0.2, -0.15) is 0 Å². The van der Waals surface area contributed by atoms with E-state index in [1.165, 1.54) is 19.2 Å². The third kappa shape index (κ3) is 7.72. The average Bonchev–Trinajstić information content (AvgIpc) is 2.81. The first-order chi connectivity index (χ1) is 16.2. The van der Waals surface area contributed by atoms with Crippen LogP contribution in [0.15, 0.2) is 41.3 Å². The highest BCUT2D eigenvalue weighted by Crippen LogP contribution is 2.31. The number of rotatable bonds is 14. The Hall–Kier alpha value is -2.62. The van der Waals surface area contributed by atoms with Gasteiger partial charge < -0.3 is 19.5 Å². The maximum Gasteiger partial charge on any atom is 0.252 e. The Labute approximate surface area is 203 Å². The molecular weight excluding hydrogens is 456 g/mol. The third-order valence-electron chi connectivity index (χ3n) is 5.10. The number of amides is 1. The van der Waals surface area contributed by atoms with Crippen molar-refractivity contribution in [3.63, 3.8) is 0 Å². The number of nitrogens with one attached hydrogen (secondary N) is 2. The molecule has 188 valence electrons. The quantitative estimate of drug-likeness (QED) is 0.387. The van der Waals surface area contributed by atoms with Gasteiger partial charge in [0, 0.05) is 19.2 Å². The van der Waals surface area contributed by atoms with Crippen molar-refractivity contribution >= 4 is 15.9 Å². The van der Waals surface area contributed by atoms with Crippen LogP contribution in [0.5, 0.6) is 11.5 Å². The van der Waals surface area contributed by atoms with E-state index in [0.717, 1.165) is 18.4 Å². The Morgan fingerprint density at radius 3 is 2.29 bits per heavy atom. The molecule has 2 rings (SSSR count). The first kappa shape index (κ1) is 27.6. The normalized spacial score (nSPS) is 12.3. The van der Waals surface area contributed by atoms with Gasteiger partial charge in [-0.05, 0) is 62.1 Å². The summed E-state index contributed by atoms with van der Waals surface area (Å²) in [6.07, 6.45) is 1.75. The topological polar surface area (TPSA) is 103 Å². The van der Waals surface area contributed by atoms with Crippen LogP contribution in [0.3, 0.4) is 0 Å². The Morgan fingerprint density at radius 1 is 0.971 bits per heavy atom. The number of ether oxygens (including phenoxy) is 3. The summed E-state index contributed by atoms with van der Waals surface area (Å²) in [5.41, 5.74) is 1.83. The molecule has 0 fully saturated rings. The van der Waals surface area contributed by atoms with Gasteiger partial charge in [0.15, 0.2) is 11.5 Å². The van der Waals surface area contributed by atoms with Crippen LogP contribution in [-0.4, -0.2) is 47.8 Å². The lowest BCUT2D eigenvalue weighted by atomic mass is 10.0. The van der Waals surface area contributed by atoms with Gasteiger partial charge >= 0.3 is 0 Å². The molecule has 0 heterocycles. The van der Waals surface area contributed by atoms with Crippen molar-refractivity contribution in [2.75, 3.05) is 33.5 Å². The Kier molecular flexibility index (Phi) is 10.8. The fourth-order valence-corrected chi connectivity index (χ4v) is 4.22. The molecule has 0 aromatic heterocycles. The number of carbonyl (C=O) groups is 1. The highest BCUT2D eigenvalue weighted by atomic mass is 32.2. The summed E-state index contributed by atoms with van der Waals surface area (Å²) in [4.78, 5) is 13.1. The maximum absolute atomic E-state index is 13.1. The van der Waals surface area contributed by atoms with Crippen LogP contribution in [0.25, 0.3) is 0 Å². The maximum atomic E-state index is 13.1. The van der Waals surface area contributed by atoms with Crippen LogP contribution in [0.4, 0.5) is 0 Å². The van der Waals surface area contributed by atoms with Gasteiger partial charge in [-0.25, -0.2) is 13.1 Å². The third-order valence-corrected chi connectivity index (χ3v) is 6.56. The molecule has 1 unspecified atom stereocenters. The summed E-state index contributed by atoms with van der Waals surface area (Å²) in [7, 11) is -2.26. The van der Waals surface area contributed by atoms with Crippen molar-refractivity contribution in [3.05, 3.63) is 53.1 Å². The number of aryl methyl sites for hydroxylation is 1. The zero-order valence-corrected chi connectivity index (χ0v) is 21.5. The summed E-state index contributed by atoms with van der Waals surface area (Å²) in [5.74, 6) is 0.953. The van der Waals surface area contributed by atoms with E-state index in [1.807, 2.05) is 39.0 Å². The van der Waals surface area contributed by atoms with Crippen LogP contribution < -0.4 is 19.5 Å². The molecule has 0 spiro atoms. The zero-order valence-electron chi connectivity index (χ0n) is 20.6. The average molecular weight is 493 g/mol. The van der Waals surface area contributed by atoms with Gasteiger partial charge in [-0.15, -0.1) is 0 Å². The molecule has 9 heteroatoms. The van der Waals surface area contributed by atoms with E-state index in [4.69, 9.17) is 14.2 Å². The highest BCUT2D eigenvalue weighted by molar-refractivity contribution is 7.89. The second-order valence-corrected chi connectivity index (χ2v) is 9.73. The molecular formula is C25H36N2O6S. The predicted molar refractivity (Wildman–Crippen MR) is 132 cm³/mol.